The first-order chi connectivity index (χ1) is 17.7. The summed E-state index contributed by atoms with van der Waals surface area (Å²) in [6.07, 6.45) is 3.04. The second-order valence-electron chi connectivity index (χ2n) is 8.43. The number of amides is 2. The lowest BCUT2D eigenvalue weighted by molar-refractivity contribution is 0.0741. The Morgan fingerprint density at radius 1 is 0.889 bits per heavy atom. The molecule has 2 amide bonds. The molecule has 1 aliphatic rings. The molecule has 8 nitrogen and oxygen atoms in total. The molecule has 0 bridgehead atoms. The van der Waals surface area contributed by atoms with E-state index in [2.05, 4.69) is 14.9 Å². The second-order valence-corrected chi connectivity index (χ2v) is 8.43. The number of carbonyl (C=O) groups excluding carboxylic acids is 2. The van der Waals surface area contributed by atoms with Crippen LogP contribution in [0.2, 0.25) is 0 Å². The number of hydrogen-bond acceptors (Lipinski definition) is 6. The first kappa shape index (κ1) is 23.3. The van der Waals surface area contributed by atoms with Crippen LogP contribution < -0.4 is 9.80 Å². The smallest absolute Gasteiger partial charge is 0.276 e. The number of para-hydroxylation sites is 1. The van der Waals surface area contributed by atoms with Gasteiger partial charge in [0.15, 0.2) is 17.8 Å². The molecule has 0 unspecified atom stereocenters. The molecule has 0 aliphatic carbocycles. The predicted molar refractivity (Wildman–Crippen MR) is 138 cm³/mol. The van der Waals surface area contributed by atoms with Crippen molar-refractivity contribution in [1.82, 2.24) is 14.9 Å². The number of pyridine rings is 1. The van der Waals surface area contributed by atoms with Gasteiger partial charge in [0, 0.05) is 50.2 Å². The van der Waals surface area contributed by atoms with Crippen LogP contribution in [0.15, 0.2) is 89.8 Å². The van der Waals surface area contributed by atoms with Crippen LogP contribution in [0.4, 0.5) is 11.5 Å². The molecule has 0 saturated carbocycles. The van der Waals surface area contributed by atoms with Crippen molar-refractivity contribution in [1.29, 1.82) is 0 Å². The summed E-state index contributed by atoms with van der Waals surface area (Å²) in [5.41, 5.74) is 2.02. The van der Waals surface area contributed by atoms with E-state index in [9.17, 15) is 9.59 Å². The minimum atomic E-state index is -0.211. The van der Waals surface area contributed by atoms with Crippen molar-refractivity contribution in [2.24, 2.45) is 0 Å². The van der Waals surface area contributed by atoms with Crippen LogP contribution in [0.3, 0.4) is 0 Å². The van der Waals surface area contributed by atoms with E-state index in [1.54, 1.807) is 28.1 Å². The zero-order chi connectivity index (χ0) is 24.9. The highest BCUT2D eigenvalue weighted by atomic mass is 16.3. The maximum Gasteiger partial charge on any atom is 0.276 e. The van der Waals surface area contributed by atoms with Crippen LogP contribution in [0.5, 0.6) is 0 Å². The van der Waals surface area contributed by atoms with Crippen molar-refractivity contribution in [3.05, 3.63) is 96.6 Å². The molecule has 2 aromatic carbocycles. The minimum absolute atomic E-state index is 0.168. The Kier molecular flexibility index (Phi) is 6.75. The van der Waals surface area contributed by atoms with E-state index in [-0.39, 0.29) is 17.5 Å². The Morgan fingerprint density at radius 3 is 2.33 bits per heavy atom. The van der Waals surface area contributed by atoms with Crippen molar-refractivity contribution in [2.75, 3.05) is 42.5 Å². The van der Waals surface area contributed by atoms with Crippen LogP contribution >= 0.6 is 0 Å². The lowest BCUT2D eigenvalue weighted by atomic mass is 10.0. The fraction of sp³-hybridized carbons (Fsp3) is 0.214. The molecule has 0 spiro atoms. The van der Waals surface area contributed by atoms with E-state index in [0.29, 0.717) is 49.6 Å². The summed E-state index contributed by atoms with van der Waals surface area (Å²) in [5.74, 6) is 0.827. The van der Waals surface area contributed by atoms with Gasteiger partial charge in [-0.25, -0.2) is 9.97 Å². The van der Waals surface area contributed by atoms with E-state index in [0.717, 1.165) is 11.5 Å². The third-order valence-electron chi connectivity index (χ3n) is 6.34. The number of aromatic nitrogens is 2. The monoisotopic (exact) mass is 481 g/mol. The average Bonchev–Trinajstić information content (AvgIpc) is 3.44. The Morgan fingerprint density at radius 2 is 1.61 bits per heavy atom. The highest BCUT2D eigenvalue weighted by molar-refractivity contribution is 6.11. The van der Waals surface area contributed by atoms with Gasteiger partial charge in [0.05, 0.1) is 5.56 Å². The highest BCUT2D eigenvalue weighted by Crippen LogP contribution is 2.30. The molecule has 3 heterocycles. The average molecular weight is 482 g/mol. The molecule has 1 aliphatic heterocycles. The number of benzene rings is 2. The van der Waals surface area contributed by atoms with Crippen molar-refractivity contribution in [3.63, 3.8) is 0 Å². The fourth-order valence-electron chi connectivity index (χ4n) is 4.48. The number of hydrogen-bond donors (Lipinski definition) is 0. The Hall–Kier alpha value is -4.46. The van der Waals surface area contributed by atoms with Gasteiger partial charge in [0.25, 0.3) is 11.8 Å². The molecule has 4 aromatic rings. The van der Waals surface area contributed by atoms with Crippen LogP contribution in [-0.4, -0.2) is 59.4 Å². The molecule has 1 fully saturated rings. The summed E-state index contributed by atoms with van der Waals surface area (Å²) < 4.78 is 5.71. The van der Waals surface area contributed by atoms with Crippen molar-refractivity contribution in [3.8, 4) is 11.3 Å². The van der Waals surface area contributed by atoms with Gasteiger partial charge in [-0.05, 0) is 37.3 Å². The maximum absolute atomic E-state index is 13.6. The van der Waals surface area contributed by atoms with E-state index >= 15 is 0 Å². The van der Waals surface area contributed by atoms with Crippen molar-refractivity contribution in [2.45, 2.75) is 6.92 Å². The normalized spacial score (nSPS) is 13.5. The zero-order valence-electron chi connectivity index (χ0n) is 20.1. The number of carbonyl (C=O) groups is 2. The standard InChI is InChI=1S/C28H27N5O3/c1-2-33(21-10-4-3-5-11-21)27(34)23-13-7-6-12-22(23)26-25(30-20-36-26)28(35)32-18-16-31(17-19-32)24-14-8-9-15-29-24/h3-15,20H,2,16-19H2,1H3. The van der Waals surface area contributed by atoms with Gasteiger partial charge in [-0.3, -0.25) is 9.59 Å². The van der Waals surface area contributed by atoms with Gasteiger partial charge in [-0.1, -0.05) is 42.5 Å². The van der Waals surface area contributed by atoms with Gasteiger partial charge < -0.3 is 19.1 Å². The van der Waals surface area contributed by atoms with E-state index < -0.39 is 0 Å². The largest absolute Gasteiger partial charge is 0.443 e. The first-order valence-corrected chi connectivity index (χ1v) is 12.0. The SMILES string of the molecule is CCN(C(=O)c1ccccc1-c1ocnc1C(=O)N1CCN(c2ccccn2)CC1)c1ccccc1. The van der Waals surface area contributed by atoms with Crippen LogP contribution in [0, 0.1) is 0 Å². The molecule has 0 radical (unpaired) electrons. The van der Waals surface area contributed by atoms with Gasteiger partial charge >= 0.3 is 0 Å². The number of oxazole rings is 1. The summed E-state index contributed by atoms with van der Waals surface area (Å²) in [5, 5.41) is 0. The highest BCUT2D eigenvalue weighted by Gasteiger charge is 2.29. The second kappa shape index (κ2) is 10.4. The van der Waals surface area contributed by atoms with Crippen LogP contribution in [-0.2, 0) is 0 Å². The topological polar surface area (TPSA) is 82.8 Å². The Bertz CT molecular complexity index is 1330. The zero-order valence-corrected chi connectivity index (χ0v) is 20.1. The molecule has 2 aromatic heterocycles. The van der Waals surface area contributed by atoms with Gasteiger partial charge in [0.2, 0.25) is 0 Å². The van der Waals surface area contributed by atoms with Gasteiger partial charge in [-0.15, -0.1) is 0 Å². The van der Waals surface area contributed by atoms with Crippen molar-refractivity contribution < 1.29 is 14.0 Å². The van der Waals surface area contributed by atoms with Crippen molar-refractivity contribution >= 4 is 23.3 Å². The number of anilines is 2. The Balaban J connectivity index is 1.39. The van der Waals surface area contributed by atoms with E-state index in [1.165, 1.54) is 6.39 Å². The number of nitrogens with zero attached hydrogens (tertiary/aromatic N) is 5. The molecular formula is C28H27N5O3. The Labute approximate surface area is 209 Å². The quantitative estimate of drug-likeness (QED) is 0.407. The summed E-state index contributed by atoms with van der Waals surface area (Å²) in [4.78, 5) is 41.4. The first-order valence-electron chi connectivity index (χ1n) is 12.0. The third-order valence-corrected chi connectivity index (χ3v) is 6.34. The molecule has 1 saturated heterocycles. The fourth-order valence-corrected chi connectivity index (χ4v) is 4.48. The lowest BCUT2D eigenvalue weighted by Gasteiger charge is -2.35. The van der Waals surface area contributed by atoms with E-state index in [4.69, 9.17) is 4.42 Å². The van der Waals surface area contributed by atoms with Crippen LogP contribution in [0.25, 0.3) is 11.3 Å². The molecule has 182 valence electrons. The predicted octanol–water partition coefficient (Wildman–Crippen LogP) is 4.37. The van der Waals surface area contributed by atoms with E-state index in [1.807, 2.05) is 67.6 Å². The lowest BCUT2D eigenvalue weighted by Crippen LogP contribution is -2.49. The maximum atomic E-state index is 13.6. The van der Waals surface area contributed by atoms with Gasteiger partial charge in [-0.2, -0.15) is 0 Å². The molecule has 36 heavy (non-hydrogen) atoms. The summed E-state index contributed by atoms with van der Waals surface area (Å²) in [6.45, 7) is 4.86. The summed E-state index contributed by atoms with van der Waals surface area (Å²) in [7, 11) is 0. The van der Waals surface area contributed by atoms with Gasteiger partial charge in [0.1, 0.15) is 5.82 Å². The number of rotatable bonds is 6. The molecule has 0 atom stereocenters. The third kappa shape index (κ3) is 4.57. The van der Waals surface area contributed by atoms with Crippen LogP contribution in [0.1, 0.15) is 27.8 Å². The molecule has 0 N–H and O–H groups in total. The molecule has 8 heteroatoms. The summed E-state index contributed by atoms with van der Waals surface area (Å²) in [6, 6.07) is 22.5. The number of piperazine rings is 1. The molecule has 5 rings (SSSR count). The molecular weight excluding hydrogens is 454 g/mol. The summed E-state index contributed by atoms with van der Waals surface area (Å²) >= 11 is 0. The minimum Gasteiger partial charge on any atom is -0.443 e.